The van der Waals surface area contributed by atoms with Crippen LogP contribution < -0.4 is 0 Å². The maximum Gasteiger partial charge on any atom is 0.374 e. The first-order valence-electron chi connectivity index (χ1n) is 5.82. The Morgan fingerprint density at radius 1 is 1.42 bits per heavy atom. The highest BCUT2D eigenvalue weighted by molar-refractivity contribution is 5.93. The van der Waals surface area contributed by atoms with Gasteiger partial charge in [-0.3, -0.25) is 10.1 Å². The largest absolute Gasteiger partial charge is 0.460 e. The molecule has 100 valence electrons. The number of furan rings is 1. The van der Waals surface area contributed by atoms with Gasteiger partial charge in [0, 0.05) is 17.5 Å². The van der Waals surface area contributed by atoms with Gasteiger partial charge in [0.1, 0.15) is 5.58 Å². The van der Waals surface area contributed by atoms with Crippen LogP contribution in [0.2, 0.25) is 0 Å². The van der Waals surface area contributed by atoms with Crippen molar-refractivity contribution in [3.63, 3.8) is 0 Å². The van der Waals surface area contributed by atoms with Crippen molar-refractivity contribution in [1.29, 1.82) is 0 Å². The monoisotopic (exact) mass is 263 g/mol. The molecule has 0 aliphatic rings. The van der Waals surface area contributed by atoms with Crippen molar-refractivity contribution in [1.82, 2.24) is 0 Å². The Morgan fingerprint density at radius 2 is 2.16 bits per heavy atom. The van der Waals surface area contributed by atoms with Crippen molar-refractivity contribution < 1.29 is 18.9 Å². The molecule has 0 aliphatic heterocycles. The molecule has 0 spiro atoms. The van der Waals surface area contributed by atoms with E-state index in [9.17, 15) is 14.9 Å². The second-order valence-corrected chi connectivity index (χ2v) is 4.58. The van der Waals surface area contributed by atoms with Crippen LogP contribution in [0, 0.1) is 16.0 Å². The fourth-order valence-electron chi connectivity index (χ4n) is 1.56. The Labute approximate surface area is 109 Å². The average Bonchev–Trinajstić information content (AvgIpc) is 2.78. The summed E-state index contributed by atoms with van der Waals surface area (Å²) in [6.45, 7) is 4.15. The zero-order valence-electron chi connectivity index (χ0n) is 10.6. The highest BCUT2D eigenvalue weighted by Crippen LogP contribution is 2.24. The van der Waals surface area contributed by atoms with Gasteiger partial charge in [-0.1, -0.05) is 13.8 Å². The molecule has 0 saturated carbocycles. The molecule has 2 rings (SSSR count). The number of non-ortho nitro benzene ring substituents is 1. The van der Waals surface area contributed by atoms with E-state index in [0.717, 1.165) is 0 Å². The smallest absolute Gasteiger partial charge is 0.374 e. The minimum Gasteiger partial charge on any atom is -0.460 e. The van der Waals surface area contributed by atoms with Crippen molar-refractivity contribution in [2.45, 2.75) is 13.8 Å². The summed E-state index contributed by atoms with van der Waals surface area (Å²) in [6, 6.07) is 5.60. The normalized spacial score (nSPS) is 10.9. The van der Waals surface area contributed by atoms with Gasteiger partial charge in [-0.25, -0.2) is 4.79 Å². The molecule has 0 aliphatic carbocycles. The van der Waals surface area contributed by atoms with Crippen LogP contribution in [0.5, 0.6) is 0 Å². The van der Waals surface area contributed by atoms with Crippen LogP contribution in [0.25, 0.3) is 11.0 Å². The number of carbonyl (C=O) groups is 1. The fourth-order valence-corrected chi connectivity index (χ4v) is 1.56. The SMILES string of the molecule is CC(C)COC(=O)c1cc2cc([N+](=O)[O-])ccc2o1. The molecule has 1 aromatic carbocycles. The van der Waals surface area contributed by atoms with E-state index in [2.05, 4.69) is 0 Å². The number of nitro groups is 1. The summed E-state index contributed by atoms with van der Waals surface area (Å²) in [5, 5.41) is 11.2. The summed E-state index contributed by atoms with van der Waals surface area (Å²) in [5.41, 5.74) is 0.373. The van der Waals surface area contributed by atoms with Gasteiger partial charge in [0.15, 0.2) is 0 Å². The number of benzene rings is 1. The van der Waals surface area contributed by atoms with Crippen LogP contribution in [-0.2, 0) is 4.74 Å². The predicted octanol–water partition coefficient (Wildman–Crippen LogP) is 3.15. The molecule has 0 bridgehead atoms. The minimum atomic E-state index is -0.562. The standard InChI is InChI=1S/C13H13NO5/c1-8(2)7-18-13(15)12-6-9-5-10(14(16)17)3-4-11(9)19-12/h3-6,8H,7H2,1-2H3. The molecule has 0 unspecified atom stereocenters. The molecular formula is C13H13NO5. The third-order valence-electron chi connectivity index (χ3n) is 2.46. The molecule has 6 heteroatoms. The van der Waals surface area contributed by atoms with E-state index >= 15 is 0 Å². The number of nitro benzene ring substituents is 1. The average molecular weight is 263 g/mol. The Morgan fingerprint density at radius 3 is 2.79 bits per heavy atom. The van der Waals surface area contributed by atoms with Gasteiger partial charge in [0.25, 0.3) is 5.69 Å². The van der Waals surface area contributed by atoms with Gasteiger partial charge in [-0.05, 0) is 18.1 Å². The Hall–Kier alpha value is -2.37. The lowest BCUT2D eigenvalue weighted by atomic mass is 10.2. The molecule has 0 radical (unpaired) electrons. The third-order valence-corrected chi connectivity index (χ3v) is 2.46. The second kappa shape index (κ2) is 5.09. The first kappa shape index (κ1) is 13.1. The summed E-state index contributed by atoms with van der Waals surface area (Å²) in [4.78, 5) is 21.8. The van der Waals surface area contributed by atoms with Crippen molar-refractivity contribution in [3.05, 3.63) is 40.1 Å². The van der Waals surface area contributed by atoms with Gasteiger partial charge < -0.3 is 9.15 Å². The number of ether oxygens (including phenoxy) is 1. The summed E-state index contributed by atoms with van der Waals surface area (Å²) in [6.07, 6.45) is 0. The van der Waals surface area contributed by atoms with E-state index < -0.39 is 10.9 Å². The number of carbonyl (C=O) groups excluding carboxylic acids is 1. The maximum atomic E-state index is 11.7. The van der Waals surface area contributed by atoms with Gasteiger partial charge in [-0.2, -0.15) is 0 Å². The predicted molar refractivity (Wildman–Crippen MR) is 68.0 cm³/mol. The number of rotatable bonds is 4. The minimum absolute atomic E-state index is 0.0459. The first-order chi connectivity index (χ1) is 8.97. The lowest BCUT2D eigenvalue weighted by Gasteiger charge is -2.04. The summed E-state index contributed by atoms with van der Waals surface area (Å²) < 4.78 is 10.3. The van der Waals surface area contributed by atoms with Crippen LogP contribution in [0.3, 0.4) is 0 Å². The van der Waals surface area contributed by atoms with Crippen molar-refractivity contribution >= 4 is 22.6 Å². The molecule has 1 heterocycles. The number of nitrogens with zero attached hydrogens (tertiary/aromatic N) is 1. The Kier molecular flexibility index (Phi) is 3.50. The number of hydrogen-bond acceptors (Lipinski definition) is 5. The molecular weight excluding hydrogens is 250 g/mol. The number of fused-ring (bicyclic) bond motifs is 1. The summed E-state index contributed by atoms with van der Waals surface area (Å²) in [7, 11) is 0. The zero-order valence-corrected chi connectivity index (χ0v) is 10.6. The lowest BCUT2D eigenvalue weighted by molar-refractivity contribution is -0.384. The van der Waals surface area contributed by atoms with Crippen LogP contribution in [0.15, 0.2) is 28.7 Å². The van der Waals surface area contributed by atoms with Crippen molar-refractivity contribution in [2.75, 3.05) is 6.61 Å². The molecule has 6 nitrogen and oxygen atoms in total. The topological polar surface area (TPSA) is 82.6 Å². The van der Waals surface area contributed by atoms with E-state index in [1.165, 1.54) is 24.3 Å². The van der Waals surface area contributed by atoms with E-state index in [1.54, 1.807) is 0 Å². The molecule has 0 amide bonds. The highest BCUT2D eigenvalue weighted by Gasteiger charge is 2.16. The van der Waals surface area contributed by atoms with Gasteiger partial charge >= 0.3 is 5.97 Å². The van der Waals surface area contributed by atoms with Crippen molar-refractivity contribution in [2.24, 2.45) is 5.92 Å². The van der Waals surface area contributed by atoms with Crippen LogP contribution in [-0.4, -0.2) is 17.5 Å². The molecule has 1 aromatic heterocycles. The lowest BCUT2D eigenvalue weighted by Crippen LogP contribution is -2.09. The third kappa shape index (κ3) is 2.90. The molecule has 2 aromatic rings. The van der Waals surface area contributed by atoms with E-state index in [1.807, 2.05) is 13.8 Å². The highest BCUT2D eigenvalue weighted by atomic mass is 16.6. The molecule has 0 N–H and O–H groups in total. The van der Waals surface area contributed by atoms with E-state index in [0.29, 0.717) is 17.6 Å². The Balaban J connectivity index is 2.26. The summed E-state index contributed by atoms with van der Waals surface area (Å²) in [5.74, 6) is -0.280. The molecule has 0 atom stereocenters. The fraction of sp³-hybridized carbons (Fsp3) is 0.308. The van der Waals surface area contributed by atoms with Gasteiger partial charge in [0.05, 0.1) is 11.5 Å². The van der Waals surface area contributed by atoms with E-state index in [-0.39, 0.29) is 17.4 Å². The quantitative estimate of drug-likeness (QED) is 0.480. The van der Waals surface area contributed by atoms with Gasteiger partial charge in [-0.15, -0.1) is 0 Å². The molecule has 0 fully saturated rings. The number of esters is 1. The molecule has 19 heavy (non-hydrogen) atoms. The number of hydrogen-bond donors (Lipinski definition) is 0. The van der Waals surface area contributed by atoms with Crippen molar-refractivity contribution in [3.8, 4) is 0 Å². The first-order valence-corrected chi connectivity index (χ1v) is 5.82. The second-order valence-electron chi connectivity index (χ2n) is 4.58. The van der Waals surface area contributed by atoms with E-state index in [4.69, 9.17) is 9.15 Å². The molecule has 0 saturated heterocycles. The van der Waals surface area contributed by atoms with Gasteiger partial charge in [0.2, 0.25) is 5.76 Å². The summed E-state index contributed by atoms with van der Waals surface area (Å²) >= 11 is 0. The zero-order chi connectivity index (χ0) is 14.0. The maximum absolute atomic E-state index is 11.7. The van der Waals surface area contributed by atoms with Crippen LogP contribution in [0.1, 0.15) is 24.4 Å². The van der Waals surface area contributed by atoms with Crippen LogP contribution in [0.4, 0.5) is 5.69 Å². The Bertz CT molecular complexity index is 629. The van der Waals surface area contributed by atoms with Crippen LogP contribution >= 0.6 is 0 Å².